The minimum absolute atomic E-state index is 0.205. The van der Waals surface area contributed by atoms with Gasteiger partial charge in [-0.15, -0.1) is 0 Å². The van der Waals surface area contributed by atoms with Crippen LogP contribution in [0.5, 0.6) is 0 Å². The lowest BCUT2D eigenvalue weighted by atomic mass is 10.0. The van der Waals surface area contributed by atoms with E-state index in [9.17, 15) is 4.79 Å². The lowest BCUT2D eigenvalue weighted by Gasteiger charge is -2.19. The van der Waals surface area contributed by atoms with E-state index in [2.05, 4.69) is 0 Å². The number of nitrogens with zero attached hydrogens (tertiary/aromatic N) is 3. The highest BCUT2D eigenvalue weighted by molar-refractivity contribution is 5.96. The zero-order chi connectivity index (χ0) is 13.5. The predicted molar refractivity (Wildman–Crippen MR) is 68.6 cm³/mol. The molecule has 0 saturated heterocycles. The first-order chi connectivity index (χ1) is 8.63. The first kappa shape index (κ1) is 13.7. The Hall–Kier alpha value is -2.33. The molecule has 1 aromatic carbocycles. The topological polar surface area (TPSA) is 67.9 Å². The first-order valence-corrected chi connectivity index (χ1v) is 5.81. The zero-order valence-corrected chi connectivity index (χ0v) is 10.6. The van der Waals surface area contributed by atoms with Crippen LogP contribution < -0.4 is 4.90 Å². The second-order valence-corrected chi connectivity index (χ2v) is 4.03. The number of carbonyl (C=O) groups excluding carboxylic acids is 1. The van der Waals surface area contributed by atoms with Crippen LogP contribution in [-0.4, -0.2) is 13.0 Å². The maximum absolute atomic E-state index is 12.1. The summed E-state index contributed by atoms with van der Waals surface area (Å²) in [5.74, 6) is -0.806. The summed E-state index contributed by atoms with van der Waals surface area (Å²) in [5.41, 5.74) is 1.24. The summed E-state index contributed by atoms with van der Waals surface area (Å²) in [7, 11) is 1.64. The number of rotatable bonds is 4. The highest BCUT2D eigenvalue weighted by Crippen LogP contribution is 2.17. The van der Waals surface area contributed by atoms with Crippen molar-refractivity contribution >= 4 is 11.6 Å². The summed E-state index contributed by atoms with van der Waals surface area (Å²) in [6.07, 6.45) is 1.36. The Balaban J connectivity index is 2.86. The maximum Gasteiger partial charge on any atom is 0.244 e. The molecule has 1 atom stereocenters. The molecule has 0 N–H and O–H groups in total. The van der Waals surface area contributed by atoms with Gasteiger partial charge in [0.2, 0.25) is 5.91 Å². The number of benzene rings is 1. The number of anilines is 1. The van der Waals surface area contributed by atoms with Crippen LogP contribution in [-0.2, 0) is 4.79 Å². The van der Waals surface area contributed by atoms with Gasteiger partial charge >= 0.3 is 0 Å². The third-order valence-electron chi connectivity index (χ3n) is 2.75. The van der Waals surface area contributed by atoms with Crippen LogP contribution in [0.4, 0.5) is 5.69 Å². The number of hydrogen-bond donors (Lipinski definition) is 0. The van der Waals surface area contributed by atoms with Gasteiger partial charge in [-0.1, -0.05) is 13.3 Å². The van der Waals surface area contributed by atoms with Gasteiger partial charge in [0.1, 0.15) is 5.92 Å². The van der Waals surface area contributed by atoms with Crippen molar-refractivity contribution in [2.45, 2.75) is 19.8 Å². The number of hydrogen-bond acceptors (Lipinski definition) is 3. The molecule has 18 heavy (non-hydrogen) atoms. The third kappa shape index (κ3) is 3.09. The quantitative estimate of drug-likeness (QED) is 0.813. The van der Waals surface area contributed by atoms with Gasteiger partial charge in [-0.3, -0.25) is 4.79 Å². The van der Waals surface area contributed by atoms with Crippen molar-refractivity contribution in [2.24, 2.45) is 5.92 Å². The Labute approximate surface area is 107 Å². The van der Waals surface area contributed by atoms with Gasteiger partial charge in [0.05, 0.1) is 17.7 Å². The molecule has 0 fully saturated rings. The molecule has 0 aliphatic rings. The first-order valence-electron chi connectivity index (χ1n) is 5.81. The largest absolute Gasteiger partial charge is 0.314 e. The summed E-state index contributed by atoms with van der Waals surface area (Å²) in [4.78, 5) is 13.5. The van der Waals surface area contributed by atoms with E-state index in [4.69, 9.17) is 10.5 Å². The highest BCUT2D eigenvalue weighted by atomic mass is 16.2. The summed E-state index contributed by atoms with van der Waals surface area (Å²) in [5, 5.41) is 17.7. The molecule has 0 heterocycles. The Kier molecular flexibility index (Phi) is 4.90. The zero-order valence-electron chi connectivity index (χ0n) is 10.6. The van der Waals surface area contributed by atoms with E-state index < -0.39 is 5.92 Å². The van der Waals surface area contributed by atoms with E-state index >= 15 is 0 Å². The van der Waals surface area contributed by atoms with Crippen molar-refractivity contribution in [2.75, 3.05) is 11.9 Å². The van der Waals surface area contributed by atoms with Crippen LogP contribution in [0.3, 0.4) is 0 Å². The molecule has 92 valence electrons. The standard InChI is InChI=1S/C14H15N3O/c1-3-4-12(10-16)14(18)17(2)13-7-5-11(9-15)6-8-13/h5-8,12H,3-4H2,1-2H3. The Morgan fingerprint density at radius 1 is 1.33 bits per heavy atom. The van der Waals surface area contributed by atoms with Gasteiger partial charge in [0.15, 0.2) is 0 Å². The lowest BCUT2D eigenvalue weighted by Crippen LogP contribution is -2.32. The molecule has 0 saturated carbocycles. The summed E-state index contributed by atoms with van der Waals surface area (Å²) in [6, 6.07) is 10.8. The van der Waals surface area contributed by atoms with Crippen molar-refractivity contribution < 1.29 is 4.79 Å². The van der Waals surface area contributed by atoms with E-state index in [1.165, 1.54) is 4.90 Å². The summed E-state index contributed by atoms with van der Waals surface area (Å²) >= 11 is 0. The molecule has 0 aromatic heterocycles. The van der Waals surface area contributed by atoms with Gasteiger partial charge in [0.25, 0.3) is 0 Å². The van der Waals surface area contributed by atoms with Crippen molar-refractivity contribution in [3.8, 4) is 12.1 Å². The number of carbonyl (C=O) groups is 1. The predicted octanol–water partition coefficient (Wildman–Crippen LogP) is 2.46. The summed E-state index contributed by atoms with van der Waals surface area (Å²) < 4.78 is 0. The molecular weight excluding hydrogens is 226 g/mol. The van der Waals surface area contributed by atoms with Crippen LogP contribution in [0.25, 0.3) is 0 Å². The van der Waals surface area contributed by atoms with Crippen LogP contribution >= 0.6 is 0 Å². The minimum atomic E-state index is -0.601. The molecule has 0 radical (unpaired) electrons. The fourth-order valence-electron chi connectivity index (χ4n) is 1.65. The molecule has 4 heteroatoms. The van der Waals surface area contributed by atoms with Crippen molar-refractivity contribution in [1.82, 2.24) is 0 Å². The fourth-order valence-corrected chi connectivity index (χ4v) is 1.65. The molecule has 4 nitrogen and oxygen atoms in total. The van der Waals surface area contributed by atoms with Gasteiger partial charge < -0.3 is 4.90 Å². The molecule has 1 unspecified atom stereocenters. The molecule has 1 aromatic rings. The number of nitriles is 2. The van der Waals surface area contributed by atoms with Crippen LogP contribution in [0.15, 0.2) is 24.3 Å². The maximum atomic E-state index is 12.1. The fraction of sp³-hybridized carbons (Fsp3) is 0.357. The molecule has 0 spiro atoms. The average Bonchev–Trinajstić information content (AvgIpc) is 2.43. The van der Waals surface area contributed by atoms with E-state index in [0.717, 1.165) is 6.42 Å². The van der Waals surface area contributed by atoms with Crippen LogP contribution in [0.2, 0.25) is 0 Å². The monoisotopic (exact) mass is 241 g/mol. The van der Waals surface area contributed by atoms with E-state index in [-0.39, 0.29) is 5.91 Å². The Morgan fingerprint density at radius 2 is 1.94 bits per heavy atom. The average molecular weight is 241 g/mol. The van der Waals surface area contributed by atoms with E-state index in [1.807, 2.05) is 19.1 Å². The lowest BCUT2D eigenvalue weighted by molar-refractivity contribution is -0.120. The second kappa shape index (κ2) is 6.42. The molecule has 0 bridgehead atoms. The normalized spacial score (nSPS) is 11.1. The summed E-state index contributed by atoms with van der Waals surface area (Å²) in [6.45, 7) is 1.94. The number of amides is 1. The van der Waals surface area contributed by atoms with Gasteiger partial charge in [-0.05, 0) is 30.7 Å². The van der Waals surface area contributed by atoms with Crippen molar-refractivity contribution in [3.63, 3.8) is 0 Å². The SMILES string of the molecule is CCCC(C#N)C(=O)N(C)c1ccc(C#N)cc1. The van der Waals surface area contributed by atoms with E-state index in [0.29, 0.717) is 17.7 Å². The van der Waals surface area contributed by atoms with Gasteiger partial charge in [0, 0.05) is 12.7 Å². The van der Waals surface area contributed by atoms with Gasteiger partial charge in [-0.2, -0.15) is 10.5 Å². The van der Waals surface area contributed by atoms with Gasteiger partial charge in [-0.25, -0.2) is 0 Å². The van der Waals surface area contributed by atoms with Crippen LogP contribution in [0, 0.1) is 28.6 Å². The molecular formula is C14H15N3O. The Bertz CT molecular complexity index is 493. The van der Waals surface area contributed by atoms with Crippen molar-refractivity contribution in [3.05, 3.63) is 29.8 Å². The molecule has 1 rings (SSSR count). The molecule has 1 amide bonds. The van der Waals surface area contributed by atoms with Crippen LogP contribution in [0.1, 0.15) is 25.3 Å². The Morgan fingerprint density at radius 3 is 2.39 bits per heavy atom. The minimum Gasteiger partial charge on any atom is -0.314 e. The highest BCUT2D eigenvalue weighted by Gasteiger charge is 2.21. The molecule has 0 aliphatic carbocycles. The second-order valence-electron chi connectivity index (χ2n) is 4.03. The molecule has 0 aliphatic heterocycles. The third-order valence-corrected chi connectivity index (χ3v) is 2.75. The smallest absolute Gasteiger partial charge is 0.244 e. The van der Waals surface area contributed by atoms with Crippen molar-refractivity contribution in [1.29, 1.82) is 10.5 Å². The van der Waals surface area contributed by atoms with E-state index in [1.54, 1.807) is 31.3 Å².